The van der Waals surface area contributed by atoms with Crippen molar-refractivity contribution in [1.29, 1.82) is 0 Å². The molecular formula is C16H25NO2S. The Labute approximate surface area is 126 Å². The van der Waals surface area contributed by atoms with Gasteiger partial charge < -0.3 is 10.1 Å². The van der Waals surface area contributed by atoms with E-state index >= 15 is 0 Å². The molecule has 0 spiro atoms. The minimum absolute atomic E-state index is 0.168. The van der Waals surface area contributed by atoms with E-state index in [2.05, 4.69) is 50.4 Å². The summed E-state index contributed by atoms with van der Waals surface area (Å²) in [6, 6.07) is 8.29. The number of carbonyl (C=O) groups excluding carboxylic acids is 1. The highest BCUT2D eigenvalue weighted by atomic mass is 32.2. The molecule has 0 aromatic heterocycles. The molecule has 4 heteroatoms. The standard InChI is InChI=1S/C16H25NO2S/c1-6-17-14(15(18)19-5)11-20-13-9-7-12(8-10-13)16(2,3)4/h7-10,14,17H,6,11H2,1-5H3. The van der Waals surface area contributed by atoms with Gasteiger partial charge in [0.1, 0.15) is 6.04 Å². The van der Waals surface area contributed by atoms with Gasteiger partial charge in [0, 0.05) is 10.6 Å². The number of carbonyl (C=O) groups is 1. The Kier molecular flexibility index (Phi) is 6.56. The summed E-state index contributed by atoms with van der Waals surface area (Å²) < 4.78 is 4.80. The van der Waals surface area contributed by atoms with E-state index in [1.54, 1.807) is 11.8 Å². The molecule has 0 amide bonds. The first-order valence-corrected chi connectivity index (χ1v) is 7.91. The van der Waals surface area contributed by atoms with Gasteiger partial charge in [0.2, 0.25) is 0 Å². The van der Waals surface area contributed by atoms with Crippen LogP contribution in [0.2, 0.25) is 0 Å². The number of ether oxygens (including phenoxy) is 1. The minimum atomic E-state index is -0.253. The Morgan fingerprint density at radius 2 is 1.90 bits per heavy atom. The summed E-state index contributed by atoms with van der Waals surface area (Å²) in [5.41, 5.74) is 1.49. The molecule has 3 nitrogen and oxygen atoms in total. The van der Waals surface area contributed by atoms with Gasteiger partial charge in [-0.1, -0.05) is 39.8 Å². The number of thioether (sulfide) groups is 1. The first kappa shape index (κ1) is 17.1. The average Bonchev–Trinajstić information content (AvgIpc) is 2.42. The van der Waals surface area contributed by atoms with E-state index in [1.807, 2.05) is 6.92 Å². The summed E-state index contributed by atoms with van der Waals surface area (Å²) in [6.45, 7) is 9.34. The maximum atomic E-state index is 11.6. The Balaban J connectivity index is 2.62. The molecule has 0 saturated carbocycles. The maximum Gasteiger partial charge on any atom is 0.323 e. The number of hydrogen-bond acceptors (Lipinski definition) is 4. The Bertz CT molecular complexity index is 423. The second kappa shape index (κ2) is 7.70. The number of rotatable bonds is 6. The smallest absolute Gasteiger partial charge is 0.323 e. The highest BCUT2D eigenvalue weighted by Gasteiger charge is 2.18. The Hall–Kier alpha value is -1.00. The van der Waals surface area contributed by atoms with E-state index in [9.17, 15) is 4.79 Å². The van der Waals surface area contributed by atoms with Gasteiger partial charge in [-0.2, -0.15) is 0 Å². The van der Waals surface area contributed by atoms with Crippen molar-refractivity contribution >= 4 is 17.7 Å². The number of hydrogen-bond donors (Lipinski definition) is 1. The van der Waals surface area contributed by atoms with Crippen molar-refractivity contribution in [2.24, 2.45) is 0 Å². The summed E-state index contributed by atoms with van der Waals surface area (Å²) in [5.74, 6) is 0.473. The van der Waals surface area contributed by atoms with E-state index in [4.69, 9.17) is 4.74 Å². The molecule has 1 unspecified atom stereocenters. The van der Waals surface area contributed by atoms with Crippen LogP contribution >= 0.6 is 11.8 Å². The molecule has 0 bridgehead atoms. The number of benzene rings is 1. The van der Waals surface area contributed by atoms with Crippen molar-refractivity contribution < 1.29 is 9.53 Å². The third kappa shape index (κ3) is 5.17. The molecule has 0 radical (unpaired) electrons. The van der Waals surface area contributed by atoms with Crippen molar-refractivity contribution in [3.8, 4) is 0 Å². The Morgan fingerprint density at radius 1 is 1.30 bits per heavy atom. The fourth-order valence-corrected chi connectivity index (χ4v) is 2.77. The van der Waals surface area contributed by atoms with Gasteiger partial charge in [-0.3, -0.25) is 4.79 Å². The lowest BCUT2D eigenvalue weighted by Gasteiger charge is -2.19. The average molecular weight is 295 g/mol. The van der Waals surface area contributed by atoms with E-state index < -0.39 is 0 Å². The largest absolute Gasteiger partial charge is 0.468 e. The second-order valence-electron chi connectivity index (χ2n) is 5.72. The predicted molar refractivity (Wildman–Crippen MR) is 85.3 cm³/mol. The molecule has 0 saturated heterocycles. The van der Waals surface area contributed by atoms with Crippen LogP contribution in [0.5, 0.6) is 0 Å². The van der Waals surface area contributed by atoms with E-state index in [1.165, 1.54) is 17.6 Å². The molecule has 1 aromatic carbocycles. The highest BCUT2D eigenvalue weighted by Crippen LogP contribution is 2.26. The highest BCUT2D eigenvalue weighted by molar-refractivity contribution is 7.99. The minimum Gasteiger partial charge on any atom is -0.468 e. The normalized spacial score (nSPS) is 13.1. The van der Waals surface area contributed by atoms with E-state index in [0.717, 1.165) is 6.54 Å². The zero-order chi connectivity index (χ0) is 15.2. The lowest BCUT2D eigenvalue weighted by Crippen LogP contribution is -2.39. The lowest BCUT2D eigenvalue weighted by molar-refractivity contribution is -0.142. The van der Waals surface area contributed by atoms with E-state index in [0.29, 0.717) is 5.75 Å². The summed E-state index contributed by atoms with van der Waals surface area (Å²) in [6.07, 6.45) is 0. The van der Waals surface area contributed by atoms with Crippen LogP contribution in [0.1, 0.15) is 33.3 Å². The molecule has 0 heterocycles. The number of esters is 1. The van der Waals surface area contributed by atoms with Gasteiger partial charge in [0.25, 0.3) is 0 Å². The van der Waals surface area contributed by atoms with Crippen LogP contribution in [-0.2, 0) is 14.9 Å². The molecule has 0 fully saturated rings. The third-order valence-corrected chi connectivity index (χ3v) is 4.18. The van der Waals surface area contributed by atoms with Gasteiger partial charge in [0.15, 0.2) is 0 Å². The van der Waals surface area contributed by atoms with Gasteiger partial charge in [-0.15, -0.1) is 11.8 Å². The molecule has 1 atom stereocenters. The zero-order valence-corrected chi connectivity index (χ0v) is 13.8. The third-order valence-electron chi connectivity index (χ3n) is 3.07. The quantitative estimate of drug-likeness (QED) is 0.646. The maximum absolute atomic E-state index is 11.6. The monoisotopic (exact) mass is 295 g/mol. The van der Waals surface area contributed by atoms with Crippen LogP contribution in [0.4, 0.5) is 0 Å². The van der Waals surface area contributed by atoms with Crippen molar-refractivity contribution in [3.63, 3.8) is 0 Å². The fraction of sp³-hybridized carbons (Fsp3) is 0.562. The molecule has 0 aliphatic carbocycles. The molecule has 0 aliphatic heterocycles. The topological polar surface area (TPSA) is 38.3 Å². The SMILES string of the molecule is CCNC(CSc1ccc(C(C)(C)C)cc1)C(=O)OC. The molecule has 1 aromatic rings. The van der Waals surface area contributed by atoms with Crippen LogP contribution in [0.3, 0.4) is 0 Å². The first-order valence-electron chi connectivity index (χ1n) is 6.93. The van der Waals surface area contributed by atoms with Crippen LogP contribution in [0.25, 0.3) is 0 Å². The molecule has 20 heavy (non-hydrogen) atoms. The predicted octanol–water partition coefficient (Wildman–Crippen LogP) is 3.23. The van der Waals surface area contributed by atoms with E-state index in [-0.39, 0.29) is 17.4 Å². The van der Waals surface area contributed by atoms with Crippen molar-refractivity contribution in [2.75, 3.05) is 19.4 Å². The van der Waals surface area contributed by atoms with Gasteiger partial charge in [-0.25, -0.2) is 0 Å². The number of likely N-dealkylation sites (N-methyl/N-ethyl adjacent to an activating group) is 1. The lowest BCUT2D eigenvalue weighted by atomic mass is 9.87. The van der Waals surface area contributed by atoms with Crippen LogP contribution < -0.4 is 5.32 Å². The van der Waals surface area contributed by atoms with Gasteiger partial charge in [0.05, 0.1) is 7.11 Å². The van der Waals surface area contributed by atoms with Crippen molar-refractivity contribution in [3.05, 3.63) is 29.8 Å². The van der Waals surface area contributed by atoms with Crippen molar-refractivity contribution in [1.82, 2.24) is 5.32 Å². The van der Waals surface area contributed by atoms with Crippen LogP contribution in [0, 0.1) is 0 Å². The Morgan fingerprint density at radius 3 is 2.35 bits per heavy atom. The molecule has 1 N–H and O–H groups in total. The van der Waals surface area contributed by atoms with Crippen LogP contribution in [-0.4, -0.2) is 31.4 Å². The van der Waals surface area contributed by atoms with Crippen molar-refractivity contribution in [2.45, 2.75) is 44.0 Å². The number of nitrogens with one attached hydrogen (secondary N) is 1. The zero-order valence-electron chi connectivity index (χ0n) is 13.0. The summed E-state index contributed by atoms with van der Waals surface area (Å²) in [5, 5.41) is 3.14. The molecule has 0 aliphatic rings. The summed E-state index contributed by atoms with van der Waals surface area (Å²) in [7, 11) is 1.43. The second-order valence-corrected chi connectivity index (χ2v) is 6.81. The molecule has 112 valence electrons. The van der Waals surface area contributed by atoms with Crippen LogP contribution in [0.15, 0.2) is 29.2 Å². The summed E-state index contributed by atoms with van der Waals surface area (Å²) in [4.78, 5) is 12.8. The molecule has 1 rings (SSSR count). The van der Waals surface area contributed by atoms with Gasteiger partial charge in [-0.05, 0) is 29.7 Å². The fourth-order valence-electron chi connectivity index (χ4n) is 1.83. The number of methoxy groups -OCH3 is 1. The van der Waals surface area contributed by atoms with Gasteiger partial charge >= 0.3 is 5.97 Å². The molecular weight excluding hydrogens is 270 g/mol. The summed E-state index contributed by atoms with van der Waals surface area (Å²) >= 11 is 1.67. The first-order chi connectivity index (χ1) is 9.38.